The van der Waals surface area contributed by atoms with Gasteiger partial charge in [-0.25, -0.2) is 0 Å². The van der Waals surface area contributed by atoms with Gasteiger partial charge in [-0.15, -0.1) is 0 Å². The fraction of sp³-hybridized carbons (Fsp3) is 0.792. The molecule has 1 fully saturated rings. The van der Waals surface area contributed by atoms with E-state index in [4.69, 9.17) is 4.74 Å². The minimum absolute atomic E-state index is 0.0766. The van der Waals surface area contributed by atoms with Gasteiger partial charge in [0, 0.05) is 6.42 Å². The Bertz CT molecular complexity index is 488. The monoisotopic (exact) mass is 410 g/mol. The highest BCUT2D eigenvalue weighted by molar-refractivity contribution is 5.69. The minimum Gasteiger partial charge on any atom is -0.434 e. The standard InChI is InChI=1S/C24H42O5/c1-3-5-9-13-19(25)15-16-21-20(22(26)18-23(21)27)14-10-7-6-8-11-17-29-24(28)12-4-2/h6,8,11,17,19-23,25-27H,3-5,7,9-10,12-16,18H2,1-2H3/b8-6+,17-11+/t19-,20+,21+,22-,23+/m0/s1. The molecule has 1 aliphatic carbocycles. The number of carbonyl (C=O) groups is 1. The Morgan fingerprint density at radius 3 is 2.41 bits per heavy atom. The van der Waals surface area contributed by atoms with E-state index < -0.39 is 12.2 Å². The summed E-state index contributed by atoms with van der Waals surface area (Å²) in [6.45, 7) is 4.09. The van der Waals surface area contributed by atoms with Crippen LogP contribution in [0, 0.1) is 11.8 Å². The van der Waals surface area contributed by atoms with E-state index in [0.717, 1.165) is 57.8 Å². The lowest BCUT2D eigenvalue weighted by atomic mass is 9.84. The first-order valence-corrected chi connectivity index (χ1v) is 11.5. The van der Waals surface area contributed by atoms with Crippen molar-refractivity contribution in [3.05, 3.63) is 24.5 Å². The summed E-state index contributed by atoms with van der Waals surface area (Å²) in [4.78, 5) is 11.2. The first kappa shape index (κ1) is 25.9. The topological polar surface area (TPSA) is 87.0 Å². The molecule has 29 heavy (non-hydrogen) atoms. The number of esters is 1. The molecule has 0 amide bonds. The van der Waals surface area contributed by atoms with Gasteiger partial charge in [-0.05, 0) is 69.3 Å². The van der Waals surface area contributed by atoms with Gasteiger partial charge in [-0.2, -0.15) is 0 Å². The second-order valence-electron chi connectivity index (χ2n) is 8.35. The van der Waals surface area contributed by atoms with Gasteiger partial charge in [-0.3, -0.25) is 4.79 Å². The number of aliphatic hydroxyl groups excluding tert-OH is 3. The zero-order chi connectivity index (χ0) is 21.5. The third-order valence-electron chi connectivity index (χ3n) is 5.88. The van der Waals surface area contributed by atoms with Gasteiger partial charge in [0.2, 0.25) is 0 Å². The van der Waals surface area contributed by atoms with E-state index >= 15 is 0 Å². The lowest BCUT2D eigenvalue weighted by Gasteiger charge is -2.24. The molecule has 0 saturated heterocycles. The molecule has 0 bridgehead atoms. The normalized spacial score (nSPS) is 25.8. The molecule has 5 nitrogen and oxygen atoms in total. The van der Waals surface area contributed by atoms with Crippen molar-refractivity contribution in [3.8, 4) is 0 Å². The SMILES string of the molecule is CCCCC[C@H](O)CC[C@@H]1[C@@H](CCC/C=C/C=C/OC(=O)CCC)[C@@H](O)C[C@H]1O. The van der Waals surface area contributed by atoms with Gasteiger partial charge in [0.15, 0.2) is 0 Å². The Morgan fingerprint density at radius 2 is 1.72 bits per heavy atom. The van der Waals surface area contributed by atoms with Crippen LogP contribution < -0.4 is 0 Å². The Hall–Kier alpha value is -1.17. The molecule has 0 aliphatic heterocycles. The van der Waals surface area contributed by atoms with E-state index in [1.165, 1.54) is 6.26 Å². The third kappa shape index (κ3) is 11.0. The van der Waals surface area contributed by atoms with Crippen LogP contribution in [0.4, 0.5) is 0 Å². The number of hydrogen-bond donors (Lipinski definition) is 3. The van der Waals surface area contributed by atoms with Crippen molar-refractivity contribution < 1.29 is 24.9 Å². The fourth-order valence-corrected chi connectivity index (χ4v) is 4.21. The molecule has 0 spiro atoms. The van der Waals surface area contributed by atoms with E-state index in [2.05, 4.69) is 6.92 Å². The number of aliphatic hydroxyl groups is 3. The molecule has 1 saturated carbocycles. The maximum Gasteiger partial charge on any atom is 0.310 e. The van der Waals surface area contributed by atoms with E-state index in [-0.39, 0.29) is 23.9 Å². The van der Waals surface area contributed by atoms with Crippen molar-refractivity contribution >= 4 is 5.97 Å². The molecule has 0 heterocycles. The first-order valence-electron chi connectivity index (χ1n) is 11.5. The van der Waals surface area contributed by atoms with E-state index in [9.17, 15) is 20.1 Å². The van der Waals surface area contributed by atoms with Crippen molar-refractivity contribution in [1.82, 2.24) is 0 Å². The Kier molecular flexibility index (Phi) is 14.0. The molecule has 0 radical (unpaired) electrons. The molecule has 1 aliphatic rings. The van der Waals surface area contributed by atoms with Crippen LogP contribution in [0.2, 0.25) is 0 Å². The lowest BCUT2D eigenvalue weighted by molar-refractivity contribution is -0.138. The van der Waals surface area contributed by atoms with E-state index in [1.807, 2.05) is 19.1 Å². The minimum atomic E-state index is -0.464. The zero-order valence-corrected chi connectivity index (χ0v) is 18.3. The highest BCUT2D eigenvalue weighted by Crippen LogP contribution is 2.39. The predicted molar refractivity (Wildman–Crippen MR) is 116 cm³/mol. The molecule has 168 valence electrons. The maximum atomic E-state index is 11.2. The van der Waals surface area contributed by atoms with Crippen LogP contribution in [0.3, 0.4) is 0 Å². The highest BCUT2D eigenvalue weighted by Gasteiger charge is 2.40. The van der Waals surface area contributed by atoms with Crippen LogP contribution in [-0.4, -0.2) is 39.6 Å². The van der Waals surface area contributed by atoms with Crippen LogP contribution in [0.1, 0.15) is 90.9 Å². The number of unbranched alkanes of at least 4 members (excludes halogenated alkanes) is 3. The second kappa shape index (κ2) is 15.6. The van der Waals surface area contributed by atoms with Crippen molar-refractivity contribution in [1.29, 1.82) is 0 Å². The predicted octanol–water partition coefficient (Wildman–Crippen LogP) is 4.65. The van der Waals surface area contributed by atoms with Gasteiger partial charge in [0.1, 0.15) is 0 Å². The summed E-state index contributed by atoms with van der Waals surface area (Å²) < 4.78 is 4.94. The third-order valence-corrected chi connectivity index (χ3v) is 5.88. The number of rotatable bonds is 15. The van der Waals surface area contributed by atoms with Gasteiger partial charge < -0.3 is 20.1 Å². The number of hydrogen-bond acceptors (Lipinski definition) is 5. The van der Waals surface area contributed by atoms with Crippen LogP contribution in [0.25, 0.3) is 0 Å². The van der Waals surface area contributed by atoms with Crippen molar-refractivity contribution in [2.75, 3.05) is 0 Å². The molecule has 5 heteroatoms. The molecule has 0 aromatic carbocycles. The van der Waals surface area contributed by atoms with Crippen molar-refractivity contribution in [2.45, 2.75) is 109 Å². The van der Waals surface area contributed by atoms with Gasteiger partial charge >= 0.3 is 5.97 Å². The second-order valence-corrected chi connectivity index (χ2v) is 8.35. The summed E-state index contributed by atoms with van der Waals surface area (Å²) in [7, 11) is 0. The van der Waals surface area contributed by atoms with Crippen molar-refractivity contribution in [3.63, 3.8) is 0 Å². The van der Waals surface area contributed by atoms with Gasteiger partial charge in [0.05, 0.1) is 24.6 Å². The average Bonchev–Trinajstić information content (AvgIpc) is 2.95. The Balaban J connectivity index is 2.30. The highest BCUT2D eigenvalue weighted by atomic mass is 16.5. The smallest absolute Gasteiger partial charge is 0.310 e. The summed E-state index contributed by atoms with van der Waals surface area (Å²) in [5.74, 6) is -0.0353. The zero-order valence-electron chi connectivity index (χ0n) is 18.3. The van der Waals surface area contributed by atoms with Crippen LogP contribution >= 0.6 is 0 Å². The fourth-order valence-electron chi connectivity index (χ4n) is 4.21. The molecule has 3 N–H and O–H groups in total. The molecule has 0 aromatic heterocycles. The summed E-state index contributed by atoms with van der Waals surface area (Å²) in [6.07, 6.45) is 15.8. The summed E-state index contributed by atoms with van der Waals surface area (Å²) in [5.41, 5.74) is 0. The summed E-state index contributed by atoms with van der Waals surface area (Å²) in [6, 6.07) is 0. The summed E-state index contributed by atoms with van der Waals surface area (Å²) >= 11 is 0. The van der Waals surface area contributed by atoms with Crippen LogP contribution in [0.15, 0.2) is 24.5 Å². The number of carbonyl (C=O) groups excluding carboxylic acids is 1. The average molecular weight is 411 g/mol. The molecule has 5 atom stereocenters. The molecular weight excluding hydrogens is 368 g/mol. The quantitative estimate of drug-likeness (QED) is 0.158. The largest absolute Gasteiger partial charge is 0.434 e. The lowest BCUT2D eigenvalue weighted by Crippen LogP contribution is -2.23. The van der Waals surface area contributed by atoms with E-state index in [1.54, 1.807) is 6.08 Å². The molecular formula is C24H42O5. The maximum absolute atomic E-state index is 11.2. The molecule has 0 unspecified atom stereocenters. The van der Waals surface area contributed by atoms with Gasteiger partial charge in [0.25, 0.3) is 0 Å². The number of allylic oxidation sites excluding steroid dienone is 3. The van der Waals surface area contributed by atoms with Crippen LogP contribution in [0.5, 0.6) is 0 Å². The number of ether oxygens (including phenoxy) is 1. The van der Waals surface area contributed by atoms with E-state index in [0.29, 0.717) is 19.3 Å². The first-order chi connectivity index (χ1) is 14.0. The Morgan fingerprint density at radius 1 is 1.00 bits per heavy atom. The summed E-state index contributed by atoms with van der Waals surface area (Å²) in [5, 5.41) is 30.8. The van der Waals surface area contributed by atoms with Crippen molar-refractivity contribution in [2.24, 2.45) is 11.8 Å². The van der Waals surface area contributed by atoms with Gasteiger partial charge in [-0.1, -0.05) is 45.3 Å². The molecule has 0 aromatic rings. The van der Waals surface area contributed by atoms with Crippen LogP contribution in [-0.2, 0) is 9.53 Å². The Labute approximate surface area is 176 Å². The molecule has 1 rings (SSSR count).